The highest BCUT2D eigenvalue weighted by Gasteiger charge is 2.26. The topological polar surface area (TPSA) is 60.9 Å². The largest absolute Gasteiger partial charge is 0.480 e. The van der Waals surface area contributed by atoms with Crippen LogP contribution < -0.4 is 0 Å². The number of rotatable bonds is 5. The first-order valence-corrected chi connectivity index (χ1v) is 6.63. The lowest BCUT2D eigenvalue weighted by Gasteiger charge is -2.29. The van der Waals surface area contributed by atoms with Crippen LogP contribution in [0.1, 0.15) is 24.5 Å². The molecule has 1 unspecified atom stereocenters. The van der Waals surface area contributed by atoms with Crippen molar-refractivity contribution >= 4 is 12.0 Å². The Morgan fingerprint density at radius 3 is 2.20 bits per heavy atom. The van der Waals surface area contributed by atoms with Crippen LogP contribution in [0.25, 0.3) is 0 Å². The number of hydrogen-bond donors (Lipinski definition) is 1. The molecule has 0 bridgehead atoms. The summed E-state index contributed by atoms with van der Waals surface area (Å²) in [5.74, 6) is -0.980. The van der Waals surface area contributed by atoms with Crippen molar-refractivity contribution in [2.24, 2.45) is 0 Å². The van der Waals surface area contributed by atoms with Gasteiger partial charge in [-0.25, -0.2) is 9.59 Å². The van der Waals surface area contributed by atoms with Gasteiger partial charge in [-0.15, -0.1) is 0 Å². The first-order chi connectivity index (χ1) is 9.36. The molecular weight excluding hydrogens is 256 g/mol. The van der Waals surface area contributed by atoms with Gasteiger partial charge in [0.1, 0.15) is 6.04 Å². The maximum absolute atomic E-state index is 12.2. The second-order valence-electron chi connectivity index (χ2n) is 5.00. The lowest BCUT2D eigenvalue weighted by molar-refractivity contribution is -0.142. The predicted molar refractivity (Wildman–Crippen MR) is 77.5 cm³/mol. The number of urea groups is 1. The van der Waals surface area contributed by atoms with Crippen molar-refractivity contribution in [2.75, 3.05) is 14.1 Å². The normalized spacial score (nSPS) is 11.8. The molecule has 0 spiro atoms. The molecule has 1 aromatic carbocycles. The van der Waals surface area contributed by atoms with Crippen molar-refractivity contribution in [3.05, 3.63) is 35.4 Å². The summed E-state index contributed by atoms with van der Waals surface area (Å²) in [5.41, 5.74) is 2.18. The number of hydrogen-bond acceptors (Lipinski definition) is 2. The number of carbonyl (C=O) groups excluding carboxylic acids is 1. The van der Waals surface area contributed by atoms with Crippen molar-refractivity contribution in [1.29, 1.82) is 0 Å². The molecule has 2 amide bonds. The maximum Gasteiger partial charge on any atom is 0.326 e. The standard InChI is InChI=1S/C15H22N2O3/c1-5-13(14(18)19)17(4)15(20)16(3)10-12-8-6-11(2)7-9-12/h6-9,13H,5,10H2,1-4H3,(H,18,19). The lowest BCUT2D eigenvalue weighted by Crippen LogP contribution is -2.47. The third-order valence-electron chi connectivity index (χ3n) is 3.31. The van der Waals surface area contributed by atoms with Gasteiger partial charge in [-0.1, -0.05) is 36.8 Å². The van der Waals surface area contributed by atoms with Crippen LogP contribution in [0.3, 0.4) is 0 Å². The van der Waals surface area contributed by atoms with Gasteiger partial charge in [0.05, 0.1) is 0 Å². The van der Waals surface area contributed by atoms with E-state index in [1.165, 1.54) is 16.8 Å². The Kier molecular flexibility index (Phi) is 5.55. The van der Waals surface area contributed by atoms with Crippen molar-refractivity contribution < 1.29 is 14.7 Å². The fourth-order valence-electron chi connectivity index (χ4n) is 2.05. The Hall–Kier alpha value is -2.04. The van der Waals surface area contributed by atoms with Crippen LogP contribution in [0.2, 0.25) is 0 Å². The monoisotopic (exact) mass is 278 g/mol. The molecule has 0 aromatic heterocycles. The number of benzene rings is 1. The summed E-state index contributed by atoms with van der Waals surface area (Å²) in [7, 11) is 3.20. The SMILES string of the molecule is CCC(C(=O)O)N(C)C(=O)N(C)Cc1ccc(C)cc1. The van der Waals surface area contributed by atoms with E-state index < -0.39 is 12.0 Å². The zero-order valence-electron chi connectivity index (χ0n) is 12.5. The molecular formula is C15H22N2O3. The van der Waals surface area contributed by atoms with E-state index in [-0.39, 0.29) is 6.03 Å². The Labute approximate surface area is 119 Å². The molecule has 1 N–H and O–H groups in total. The summed E-state index contributed by atoms with van der Waals surface area (Å²) < 4.78 is 0. The minimum Gasteiger partial charge on any atom is -0.480 e. The zero-order valence-corrected chi connectivity index (χ0v) is 12.5. The van der Waals surface area contributed by atoms with Gasteiger partial charge in [0, 0.05) is 20.6 Å². The first kappa shape index (κ1) is 16.0. The second-order valence-corrected chi connectivity index (χ2v) is 5.00. The Morgan fingerprint density at radius 1 is 1.20 bits per heavy atom. The van der Waals surface area contributed by atoms with Crippen molar-refractivity contribution in [3.63, 3.8) is 0 Å². The predicted octanol–water partition coefficient (Wildman–Crippen LogP) is 2.34. The highest BCUT2D eigenvalue weighted by molar-refractivity contribution is 5.82. The highest BCUT2D eigenvalue weighted by Crippen LogP contribution is 2.10. The molecule has 5 heteroatoms. The minimum absolute atomic E-state index is 0.292. The number of carbonyl (C=O) groups is 2. The molecule has 5 nitrogen and oxygen atoms in total. The van der Waals surface area contributed by atoms with Gasteiger partial charge in [0.25, 0.3) is 0 Å². The van der Waals surface area contributed by atoms with E-state index in [9.17, 15) is 9.59 Å². The molecule has 20 heavy (non-hydrogen) atoms. The minimum atomic E-state index is -0.980. The van der Waals surface area contributed by atoms with Gasteiger partial charge in [-0.2, -0.15) is 0 Å². The van der Waals surface area contributed by atoms with Crippen LogP contribution in [0.15, 0.2) is 24.3 Å². The summed E-state index contributed by atoms with van der Waals surface area (Å²) in [6.45, 7) is 4.22. The smallest absolute Gasteiger partial charge is 0.326 e. The average Bonchev–Trinajstić information content (AvgIpc) is 2.40. The van der Waals surface area contributed by atoms with Crippen molar-refractivity contribution in [1.82, 2.24) is 9.80 Å². The average molecular weight is 278 g/mol. The highest BCUT2D eigenvalue weighted by atomic mass is 16.4. The molecule has 1 aromatic rings. The molecule has 0 aliphatic carbocycles. The van der Waals surface area contributed by atoms with E-state index in [0.29, 0.717) is 13.0 Å². The number of amides is 2. The summed E-state index contributed by atoms with van der Waals surface area (Å²) in [6.07, 6.45) is 0.385. The maximum atomic E-state index is 12.2. The Balaban J connectivity index is 2.71. The molecule has 0 saturated carbocycles. The second kappa shape index (κ2) is 6.93. The molecule has 0 aliphatic rings. The van der Waals surface area contributed by atoms with Gasteiger partial charge in [-0.3, -0.25) is 0 Å². The third-order valence-corrected chi connectivity index (χ3v) is 3.31. The first-order valence-electron chi connectivity index (χ1n) is 6.63. The summed E-state index contributed by atoms with van der Waals surface area (Å²) >= 11 is 0. The van der Waals surface area contributed by atoms with Gasteiger partial charge in [0.15, 0.2) is 0 Å². The number of nitrogens with zero attached hydrogens (tertiary/aromatic N) is 2. The number of likely N-dealkylation sites (N-methyl/N-ethyl adjacent to an activating group) is 1. The van der Waals surface area contributed by atoms with E-state index in [2.05, 4.69) is 0 Å². The number of aryl methyl sites for hydroxylation is 1. The number of carboxylic acids is 1. The number of aliphatic carboxylic acids is 1. The molecule has 1 rings (SSSR count). The molecule has 0 fully saturated rings. The van der Waals surface area contributed by atoms with Crippen LogP contribution in [-0.2, 0) is 11.3 Å². The van der Waals surface area contributed by atoms with E-state index in [4.69, 9.17) is 5.11 Å². The van der Waals surface area contributed by atoms with Crippen LogP contribution in [0.4, 0.5) is 4.79 Å². The van der Waals surface area contributed by atoms with E-state index in [1.54, 1.807) is 14.0 Å². The lowest BCUT2D eigenvalue weighted by atomic mass is 10.1. The molecule has 0 aliphatic heterocycles. The van der Waals surface area contributed by atoms with Gasteiger partial charge >= 0.3 is 12.0 Å². The fraction of sp³-hybridized carbons (Fsp3) is 0.467. The molecule has 0 radical (unpaired) electrons. The van der Waals surface area contributed by atoms with E-state index >= 15 is 0 Å². The van der Waals surface area contributed by atoms with Gasteiger partial charge in [0.2, 0.25) is 0 Å². The third kappa shape index (κ3) is 3.98. The van der Waals surface area contributed by atoms with Crippen molar-refractivity contribution in [3.8, 4) is 0 Å². The number of carboxylic acid groups (broad SMARTS) is 1. The Bertz CT molecular complexity index is 471. The summed E-state index contributed by atoms with van der Waals surface area (Å²) in [4.78, 5) is 26.1. The van der Waals surface area contributed by atoms with Crippen LogP contribution >= 0.6 is 0 Å². The molecule has 0 saturated heterocycles. The summed E-state index contributed by atoms with van der Waals surface area (Å²) in [6, 6.07) is 6.83. The van der Waals surface area contributed by atoms with Crippen molar-refractivity contribution in [2.45, 2.75) is 32.9 Å². The summed E-state index contributed by atoms with van der Waals surface area (Å²) in [5, 5.41) is 9.08. The fourth-order valence-corrected chi connectivity index (χ4v) is 2.05. The quantitative estimate of drug-likeness (QED) is 0.899. The van der Waals surface area contributed by atoms with Crippen LogP contribution in [0.5, 0.6) is 0 Å². The van der Waals surface area contributed by atoms with Gasteiger partial charge < -0.3 is 14.9 Å². The van der Waals surface area contributed by atoms with E-state index in [1.807, 2.05) is 31.2 Å². The van der Waals surface area contributed by atoms with Crippen LogP contribution in [-0.4, -0.2) is 47.0 Å². The molecule has 110 valence electrons. The molecule has 1 atom stereocenters. The Morgan fingerprint density at radius 2 is 1.75 bits per heavy atom. The van der Waals surface area contributed by atoms with Crippen LogP contribution in [0, 0.1) is 6.92 Å². The van der Waals surface area contributed by atoms with E-state index in [0.717, 1.165) is 11.1 Å². The van der Waals surface area contributed by atoms with Gasteiger partial charge in [-0.05, 0) is 18.9 Å². The molecule has 0 heterocycles. The zero-order chi connectivity index (χ0) is 15.3.